The van der Waals surface area contributed by atoms with Crippen LogP contribution in [0.3, 0.4) is 0 Å². The molecule has 0 radical (unpaired) electrons. The molecule has 3 aromatic carbocycles. The SMILES string of the molecule is O=C1CCC/C(=N/O[Si](c2ccccc2)(c2ccccc2)c2ccccc2)C1=O. The molecule has 0 amide bonds. The van der Waals surface area contributed by atoms with Crippen molar-refractivity contribution in [2.45, 2.75) is 19.3 Å². The molecule has 0 aliphatic heterocycles. The Balaban J connectivity index is 1.91. The number of oxime groups is 1. The van der Waals surface area contributed by atoms with Crippen molar-refractivity contribution >= 4 is 41.2 Å². The lowest BCUT2D eigenvalue weighted by Gasteiger charge is -2.30. The highest BCUT2D eigenvalue weighted by atomic mass is 28.4. The largest absolute Gasteiger partial charge is 0.438 e. The quantitative estimate of drug-likeness (QED) is 0.286. The fourth-order valence-corrected chi connectivity index (χ4v) is 7.24. The monoisotopic (exact) mass is 399 g/mol. The topological polar surface area (TPSA) is 55.7 Å². The van der Waals surface area contributed by atoms with Gasteiger partial charge >= 0.3 is 8.32 Å². The van der Waals surface area contributed by atoms with E-state index < -0.39 is 14.1 Å². The summed E-state index contributed by atoms with van der Waals surface area (Å²) >= 11 is 0. The van der Waals surface area contributed by atoms with Gasteiger partial charge in [-0.05, 0) is 28.4 Å². The molecule has 0 saturated heterocycles. The Morgan fingerprint density at radius 3 is 1.55 bits per heavy atom. The molecule has 4 rings (SSSR count). The van der Waals surface area contributed by atoms with Gasteiger partial charge in [-0.3, -0.25) is 9.59 Å². The Bertz CT molecular complexity index is 937. The molecule has 1 fully saturated rings. The molecular weight excluding hydrogens is 378 g/mol. The third kappa shape index (κ3) is 3.69. The molecule has 0 N–H and O–H groups in total. The Labute approximate surface area is 171 Å². The van der Waals surface area contributed by atoms with Gasteiger partial charge in [0.2, 0.25) is 11.6 Å². The first-order valence-electron chi connectivity index (χ1n) is 9.71. The second kappa shape index (κ2) is 8.37. The van der Waals surface area contributed by atoms with E-state index in [1.165, 1.54) is 0 Å². The Hall–Kier alpha value is -3.31. The summed E-state index contributed by atoms with van der Waals surface area (Å²) in [6.45, 7) is 0. The number of ketones is 2. The smallest absolute Gasteiger partial charge is 0.380 e. The predicted molar refractivity (Wildman–Crippen MR) is 116 cm³/mol. The number of hydrogen-bond donors (Lipinski definition) is 0. The van der Waals surface area contributed by atoms with E-state index in [-0.39, 0.29) is 17.9 Å². The molecule has 3 aromatic rings. The fraction of sp³-hybridized carbons (Fsp3) is 0.125. The Kier molecular flexibility index (Phi) is 5.49. The third-order valence-corrected chi connectivity index (χ3v) is 8.97. The zero-order valence-corrected chi connectivity index (χ0v) is 17.0. The molecule has 0 bridgehead atoms. The van der Waals surface area contributed by atoms with Crippen LogP contribution in [0.15, 0.2) is 96.2 Å². The van der Waals surface area contributed by atoms with Crippen LogP contribution < -0.4 is 15.6 Å². The highest BCUT2D eigenvalue weighted by molar-refractivity contribution is 7.07. The lowest BCUT2D eigenvalue weighted by Crippen LogP contribution is -2.68. The summed E-state index contributed by atoms with van der Waals surface area (Å²) in [7, 11) is -3.01. The normalized spacial score (nSPS) is 16.1. The van der Waals surface area contributed by atoms with Gasteiger partial charge in [0.25, 0.3) is 0 Å². The van der Waals surface area contributed by atoms with Crippen molar-refractivity contribution in [2.75, 3.05) is 0 Å². The van der Waals surface area contributed by atoms with Crippen LogP contribution in [0.25, 0.3) is 0 Å². The van der Waals surface area contributed by atoms with E-state index in [0.717, 1.165) is 15.6 Å². The van der Waals surface area contributed by atoms with Gasteiger partial charge in [0.05, 0.1) is 0 Å². The number of carbonyl (C=O) groups excluding carboxylic acids is 2. The van der Waals surface area contributed by atoms with Gasteiger partial charge in [0, 0.05) is 6.42 Å². The molecule has 4 nitrogen and oxygen atoms in total. The molecule has 5 heteroatoms. The van der Waals surface area contributed by atoms with Gasteiger partial charge in [-0.25, -0.2) is 0 Å². The maximum Gasteiger partial charge on any atom is 0.380 e. The van der Waals surface area contributed by atoms with Gasteiger partial charge in [-0.1, -0.05) is 91.0 Å². The molecule has 0 atom stereocenters. The molecule has 0 unspecified atom stereocenters. The van der Waals surface area contributed by atoms with Crippen LogP contribution in [0.4, 0.5) is 0 Å². The zero-order valence-electron chi connectivity index (χ0n) is 16.0. The van der Waals surface area contributed by atoms with E-state index >= 15 is 0 Å². The minimum absolute atomic E-state index is 0.223. The summed E-state index contributed by atoms with van der Waals surface area (Å²) in [4.78, 5) is 24.2. The van der Waals surface area contributed by atoms with Gasteiger partial charge in [0.15, 0.2) is 0 Å². The van der Waals surface area contributed by atoms with Crippen LogP contribution in [-0.4, -0.2) is 25.6 Å². The van der Waals surface area contributed by atoms with Gasteiger partial charge < -0.3 is 4.53 Å². The first-order chi connectivity index (χ1) is 14.2. The first kappa shape index (κ1) is 19.0. The van der Waals surface area contributed by atoms with Crippen molar-refractivity contribution in [3.05, 3.63) is 91.0 Å². The second-order valence-electron chi connectivity index (χ2n) is 7.01. The van der Waals surface area contributed by atoms with Gasteiger partial charge in [0.1, 0.15) is 5.71 Å². The summed E-state index contributed by atoms with van der Waals surface area (Å²) in [6, 6.07) is 30.0. The summed E-state index contributed by atoms with van der Waals surface area (Å²) in [6.07, 6.45) is 1.38. The summed E-state index contributed by atoms with van der Waals surface area (Å²) in [5.41, 5.74) is 0.223. The molecule has 0 aromatic heterocycles. The number of nitrogens with zero attached hydrogens (tertiary/aromatic N) is 1. The van der Waals surface area contributed by atoms with Crippen molar-refractivity contribution in [3.63, 3.8) is 0 Å². The maximum atomic E-state index is 12.3. The summed E-state index contributed by atoms with van der Waals surface area (Å²) in [5, 5.41) is 7.40. The molecule has 1 aliphatic rings. The van der Waals surface area contributed by atoms with Crippen molar-refractivity contribution in [1.29, 1.82) is 0 Å². The van der Waals surface area contributed by atoms with E-state index in [1.807, 2.05) is 91.0 Å². The molecule has 144 valence electrons. The minimum Gasteiger partial charge on any atom is -0.438 e. The van der Waals surface area contributed by atoms with Gasteiger partial charge in [-0.15, -0.1) is 5.16 Å². The Morgan fingerprint density at radius 1 is 0.655 bits per heavy atom. The number of carbonyl (C=O) groups is 2. The molecule has 29 heavy (non-hydrogen) atoms. The minimum atomic E-state index is -3.01. The first-order valence-corrected chi connectivity index (χ1v) is 11.6. The van der Waals surface area contributed by atoms with Crippen molar-refractivity contribution in [1.82, 2.24) is 0 Å². The van der Waals surface area contributed by atoms with E-state index in [1.54, 1.807) is 0 Å². The van der Waals surface area contributed by atoms with E-state index in [0.29, 0.717) is 12.8 Å². The van der Waals surface area contributed by atoms with E-state index in [9.17, 15) is 9.59 Å². The maximum absolute atomic E-state index is 12.3. The fourth-order valence-electron chi connectivity index (χ4n) is 3.69. The van der Waals surface area contributed by atoms with Crippen molar-refractivity contribution in [3.8, 4) is 0 Å². The van der Waals surface area contributed by atoms with E-state index in [4.69, 9.17) is 4.53 Å². The highest BCUT2D eigenvalue weighted by Crippen LogP contribution is 2.14. The standard InChI is InChI=1S/C24H21NO3Si/c26-23-18-10-17-22(24(23)27)25-28-29(19-11-4-1-5-12-19,20-13-6-2-7-14-20)21-15-8-3-9-16-21/h1-9,11-16H,10,17-18H2/b25-22-. The average molecular weight is 400 g/mol. The van der Waals surface area contributed by atoms with Gasteiger partial charge in [-0.2, -0.15) is 0 Å². The molecule has 1 saturated carbocycles. The zero-order chi connectivity index (χ0) is 20.1. The summed E-state index contributed by atoms with van der Waals surface area (Å²) < 4.78 is 6.40. The third-order valence-electron chi connectivity index (χ3n) is 5.17. The predicted octanol–water partition coefficient (Wildman–Crippen LogP) is 2.35. The second-order valence-corrected chi connectivity index (χ2v) is 10.3. The van der Waals surface area contributed by atoms with Crippen LogP contribution in [0, 0.1) is 0 Å². The molecule has 0 spiro atoms. The van der Waals surface area contributed by atoms with E-state index in [2.05, 4.69) is 5.16 Å². The lowest BCUT2D eigenvalue weighted by molar-refractivity contribution is -0.133. The van der Waals surface area contributed by atoms with Crippen LogP contribution in [0.5, 0.6) is 0 Å². The van der Waals surface area contributed by atoms with Crippen LogP contribution in [0.2, 0.25) is 0 Å². The molecular formula is C24H21NO3Si. The number of hydrogen-bond acceptors (Lipinski definition) is 4. The molecule has 0 heterocycles. The number of rotatable bonds is 5. The highest BCUT2D eigenvalue weighted by Gasteiger charge is 2.45. The van der Waals surface area contributed by atoms with Crippen molar-refractivity contribution in [2.24, 2.45) is 5.16 Å². The lowest BCUT2D eigenvalue weighted by atomic mass is 9.96. The molecule has 1 aliphatic carbocycles. The van der Waals surface area contributed by atoms with Crippen molar-refractivity contribution < 1.29 is 14.1 Å². The number of benzene rings is 3. The van der Waals surface area contributed by atoms with Crippen LogP contribution in [-0.2, 0) is 14.1 Å². The average Bonchev–Trinajstić information content (AvgIpc) is 2.79. The summed E-state index contributed by atoms with van der Waals surface area (Å²) in [5.74, 6) is -0.904. The Morgan fingerprint density at radius 2 is 1.10 bits per heavy atom. The van der Waals surface area contributed by atoms with Crippen LogP contribution in [0.1, 0.15) is 19.3 Å². The number of Topliss-reactive ketones (excluding diaryl/α,β-unsaturated/α-hetero) is 2. The van der Waals surface area contributed by atoms with Crippen LogP contribution >= 0.6 is 0 Å².